The Morgan fingerprint density at radius 2 is 2.32 bits per heavy atom. The van der Waals surface area contributed by atoms with Crippen LogP contribution in [0.2, 0.25) is 0 Å². The fourth-order valence-corrected chi connectivity index (χ4v) is 2.64. The van der Waals surface area contributed by atoms with Gasteiger partial charge in [0.1, 0.15) is 0 Å². The highest BCUT2D eigenvalue weighted by molar-refractivity contribution is 5.98. The molecule has 1 atom stereocenters. The molecule has 1 aliphatic rings. The highest BCUT2D eigenvalue weighted by Crippen LogP contribution is 2.30. The molecule has 1 unspecified atom stereocenters. The van der Waals surface area contributed by atoms with Crippen molar-refractivity contribution in [1.82, 2.24) is 4.98 Å². The summed E-state index contributed by atoms with van der Waals surface area (Å²) in [5.41, 5.74) is 8.83. The van der Waals surface area contributed by atoms with Crippen molar-refractivity contribution < 1.29 is 4.74 Å². The van der Waals surface area contributed by atoms with Crippen LogP contribution in [0.4, 0.5) is 11.4 Å². The fraction of sp³-hybridized carbons (Fsp3) is 0.400. The molecule has 0 radical (unpaired) electrons. The van der Waals surface area contributed by atoms with Crippen LogP contribution in [0.3, 0.4) is 0 Å². The molecule has 1 saturated heterocycles. The van der Waals surface area contributed by atoms with Crippen molar-refractivity contribution in [1.29, 1.82) is 0 Å². The Kier molecular flexibility index (Phi) is 3.25. The molecule has 1 aromatic heterocycles. The number of aromatic nitrogens is 1. The van der Waals surface area contributed by atoms with E-state index in [1.54, 1.807) is 6.20 Å². The Balaban J connectivity index is 2.03. The van der Waals surface area contributed by atoms with E-state index in [1.165, 1.54) is 5.69 Å². The van der Waals surface area contributed by atoms with E-state index in [1.807, 2.05) is 12.1 Å². The highest BCUT2D eigenvalue weighted by Gasteiger charge is 2.20. The van der Waals surface area contributed by atoms with Gasteiger partial charge in [-0.05, 0) is 30.7 Å². The second-order valence-electron chi connectivity index (χ2n) is 4.92. The summed E-state index contributed by atoms with van der Waals surface area (Å²) >= 11 is 0. The third kappa shape index (κ3) is 2.24. The summed E-state index contributed by atoms with van der Waals surface area (Å²) in [7, 11) is 0. The summed E-state index contributed by atoms with van der Waals surface area (Å²) in [6.45, 7) is 4.80. The molecule has 0 amide bonds. The molecule has 3 rings (SSSR count). The average Bonchev–Trinajstić information content (AvgIpc) is 2.48. The maximum absolute atomic E-state index is 6.00. The first-order valence-electron chi connectivity index (χ1n) is 6.79. The van der Waals surface area contributed by atoms with E-state index in [0.29, 0.717) is 6.10 Å². The molecule has 2 N–H and O–H groups in total. The summed E-state index contributed by atoms with van der Waals surface area (Å²) in [6.07, 6.45) is 3.15. The Hall–Kier alpha value is -1.81. The molecular weight excluding hydrogens is 238 g/mol. The smallest absolute Gasteiger partial charge is 0.0951 e. The Labute approximate surface area is 113 Å². The van der Waals surface area contributed by atoms with Crippen LogP contribution < -0.4 is 10.6 Å². The number of nitrogens with zero attached hydrogens (tertiary/aromatic N) is 2. The van der Waals surface area contributed by atoms with E-state index in [2.05, 4.69) is 28.9 Å². The molecule has 1 aliphatic heterocycles. The van der Waals surface area contributed by atoms with Gasteiger partial charge in [0, 0.05) is 30.4 Å². The summed E-state index contributed by atoms with van der Waals surface area (Å²) in [5, 5.41) is 1.12. The lowest BCUT2D eigenvalue weighted by Gasteiger charge is -2.34. The van der Waals surface area contributed by atoms with Crippen molar-refractivity contribution in [2.45, 2.75) is 19.4 Å². The third-order valence-electron chi connectivity index (χ3n) is 3.71. The zero-order chi connectivity index (χ0) is 13.2. The van der Waals surface area contributed by atoms with Crippen molar-refractivity contribution in [2.24, 2.45) is 0 Å². The predicted octanol–water partition coefficient (Wildman–Crippen LogP) is 2.43. The van der Waals surface area contributed by atoms with E-state index in [9.17, 15) is 0 Å². The van der Waals surface area contributed by atoms with E-state index >= 15 is 0 Å². The van der Waals surface area contributed by atoms with Crippen molar-refractivity contribution in [3.05, 3.63) is 30.5 Å². The molecule has 2 heterocycles. The van der Waals surface area contributed by atoms with E-state index in [0.717, 1.165) is 42.7 Å². The standard InChI is InChI=1S/C15H19N3O/c1-2-11-10-18(8-9-19-11)14-6-5-13(16)15-12(14)4-3-7-17-15/h3-7,11H,2,8-10,16H2,1H3. The van der Waals surface area contributed by atoms with Crippen molar-refractivity contribution in [3.8, 4) is 0 Å². The monoisotopic (exact) mass is 257 g/mol. The summed E-state index contributed by atoms with van der Waals surface area (Å²) in [6, 6.07) is 8.09. The molecule has 4 nitrogen and oxygen atoms in total. The molecule has 100 valence electrons. The van der Waals surface area contributed by atoms with Gasteiger partial charge < -0.3 is 15.4 Å². The normalized spacial score (nSPS) is 19.8. The number of anilines is 2. The summed E-state index contributed by atoms with van der Waals surface area (Å²) in [4.78, 5) is 6.77. The van der Waals surface area contributed by atoms with Gasteiger partial charge in [0.15, 0.2) is 0 Å². The van der Waals surface area contributed by atoms with Gasteiger partial charge in [-0.15, -0.1) is 0 Å². The Morgan fingerprint density at radius 3 is 3.16 bits per heavy atom. The lowest BCUT2D eigenvalue weighted by Crippen LogP contribution is -2.42. The molecular formula is C15H19N3O. The van der Waals surface area contributed by atoms with Crippen LogP contribution in [0.5, 0.6) is 0 Å². The van der Waals surface area contributed by atoms with Gasteiger partial charge in [0.25, 0.3) is 0 Å². The number of benzene rings is 1. The van der Waals surface area contributed by atoms with Gasteiger partial charge in [0.2, 0.25) is 0 Å². The summed E-state index contributed by atoms with van der Waals surface area (Å²) < 4.78 is 5.73. The first-order chi connectivity index (χ1) is 9.29. The maximum atomic E-state index is 6.00. The first kappa shape index (κ1) is 12.2. The molecule has 2 aromatic rings. The van der Waals surface area contributed by atoms with Crippen molar-refractivity contribution in [3.63, 3.8) is 0 Å². The molecule has 4 heteroatoms. The van der Waals surface area contributed by atoms with Gasteiger partial charge in [-0.1, -0.05) is 6.92 Å². The minimum absolute atomic E-state index is 0.318. The molecule has 1 aromatic carbocycles. The van der Waals surface area contributed by atoms with Gasteiger partial charge >= 0.3 is 0 Å². The Morgan fingerprint density at radius 1 is 1.42 bits per heavy atom. The van der Waals surface area contributed by atoms with E-state index in [4.69, 9.17) is 10.5 Å². The van der Waals surface area contributed by atoms with Crippen LogP contribution >= 0.6 is 0 Å². The lowest BCUT2D eigenvalue weighted by molar-refractivity contribution is 0.0385. The largest absolute Gasteiger partial charge is 0.397 e. The van der Waals surface area contributed by atoms with Crippen LogP contribution in [-0.4, -0.2) is 30.8 Å². The van der Waals surface area contributed by atoms with Gasteiger partial charge in [-0.2, -0.15) is 0 Å². The number of nitrogens with two attached hydrogens (primary N) is 1. The number of hydrogen-bond acceptors (Lipinski definition) is 4. The quantitative estimate of drug-likeness (QED) is 0.839. The van der Waals surface area contributed by atoms with E-state index < -0.39 is 0 Å². The molecule has 1 fully saturated rings. The number of nitrogen functional groups attached to an aromatic ring is 1. The molecule has 19 heavy (non-hydrogen) atoms. The zero-order valence-corrected chi connectivity index (χ0v) is 11.2. The minimum Gasteiger partial charge on any atom is -0.397 e. The topological polar surface area (TPSA) is 51.4 Å². The molecule has 0 bridgehead atoms. The lowest BCUT2D eigenvalue weighted by atomic mass is 10.1. The van der Waals surface area contributed by atoms with Crippen molar-refractivity contribution >= 4 is 22.3 Å². The van der Waals surface area contributed by atoms with Gasteiger partial charge in [0.05, 0.1) is 23.9 Å². The maximum Gasteiger partial charge on any atom is 0.0951 e. The fourth-order valence-electron chi connectivity index (χ4n) is 2.64. The molecule has 0 spiro atoms. The third-order valence-corrected chi connectivity index (χ3v) is 3.71. The van der Waals surface area contributed by atoms with Crippen LogP contribution in [0.15, 0.2) is 30.5 Å². The van der Waals surface area contributed by atoms with Gasteiger partial charge in [-0.25, -0.2) is 0 Å². The number of morpholine rings is 1. The number of pyridine rings is 1. The number of ether oxygens (including phenoxy) is 1. The first-order valence-corrected chi connectivity index (χ1v) is 6.79. The van der Waals surface area contributed by atoms with Crippen LogP contribution in [0, 0.1) is 0 Å². The van der Waals surface area contributed by atoms with E-state index in [-0.39, 0.29) is 0 Å². The minimum atomic E-state index is 0.318. The Bertz CT molecular complexity index is 585. The van der Waals surface area contributed by atoms with Gasteiger partial charge in [-0.3, -0.25) is 4.98 Å². The second-order valence-corrected chi connectivity index (χ2v) is 4.92. The summed E-state index contributed by atoms with van der Waals surface area (Å²) in [5.74, 6) is 0. The molecule has 0 aliphatic carbocycles. The SMILES string of the molecule is CCC1CN(c2ccc(N)c3ncccc23)CCO1. The van der Waals surface area contributed by atoms with Crippen LogP contribution in [0.25, 0.3) is 10.9 Å². The number of hydrogen-bond donors (Lipinski definition) is 1. The number of rotatable bonds is 2. The van der Waals surface area contributed by atoms with Crippen LogP contribution in [0.1, 0.15) is 13.3 Å². The average molecular weight is 257 g/mol. The van der Waals surface area contributed by atoms with Crippen LogP contribution in [-0.2, 0) is 4.74 Å². The highest BCUT2D eigenvalue weighted by atomic mass is 16.5. The second kappa shape index (κ2) is 5.05. The predicted molar refractivity (Wildman–Crippen MR) is 78.4 cm³/mol. The molecule has 0 saturated carbocycles. The number of fused-ring (bicyclic) bond motifs is 1. The van der Waals surface area contributed by atoms with Crippen molar-refractivity contribution in [2.75, 3.05) is 30.3 Å². The zero-order valence-electron chi connectivity index (χ0n) is 11.2.